The maximum atomic E-state index is 14.5. The predicted octanol–water partition coefficient (Wildman–Crippen LogP) is 4.96. The fourth-order valence-electron chi connectivity index (χ4n) is 6.03. The van der Waals surface area contributed by atoms with Crippen LogP contribution < -0.4 is 0 Å². The van der Waals surface area contributed by atoms with Crippen LogP contribution in [-0.4, -0.2) is 48.0 Å². The van der Waals surface area contributed by atoms with E-state index in [-0.39, 0.29) is 44.1 Å². The molecule has 1 aliphatic carbocycles. The number of carbonyl (C=O) groups excluding carboxylic acids is 1. The summed E-state index contributed by atoms with van der Waals surface area (Å²) < 4.78 is 39.4. The molecule has 7 heteroatoms. The SMILES string of the molecule is O=C(OCC1c2ccccc2-c2ccccc21)N1C2COCC1CC(O)(c1ccc(F)cc1F)C2. The number of halogens is 2. The van der Waals surface area contributed by atoms with Crippen LogP contribution in [0.15, 0.2) is 66.7 Å². The summed E-state index contributed by atoms with van der Waals surface area (Å²) in [6.45, 7) is 0.623. The van der Waals surface area contributed by atoms with Crippen molar-refractivity contribution in [2.45, 2.75) is 36.4 Å². The normalized spacial score (nSPS) is 25.2. The van der Waals surface area contributed by atoms with Gasteiger partial charge in [-0.05, 0) is 28.3 Å². The lowest BCUT2D eigenvalue weighted by atomic mass is 9.77. The minimum atomic E-state index is -1.52. The van der Waals surface area contributed by atoms with Gasteiger partial charge in [0, 0.05) is 30.4 Å². The first-order chi connectivity index (χ1) is 16.9. The Bertz CT molecular complexity index is 1240. The Balaban J connectivity index is 1.21. The first-order valence-corrected chi connectivity index (χ1v) is 11.8. The van der Waals surface area contributed by atoms with Crippen LogP contribution in [0.5, 0.6) is 0 Å². The van der Waals surface area contributed by atoms with Crippen molar-refractivity contribution in [2.24, 2.45) is 0 Å². The lowest BCUT2D eigenvalue weighted by Crippen LogP contribution is -2.62. The first-order valence-electron chi connectivity index (χ1n) is 11.8. The van der Waals surface area contributed by atoms with E-state index in [4.69, 9.17) is 9.47 Å². The summed E-state index contributed by atoms with van der Waals surface area (Å²) >= 11 is 0. The summed E-state index contributed by atoms with van der Waals surface area (Å²) in [6.07, 6.45) is -0.307. The van der Waals surface area contributed by atoms with Crippen molar-refractivity contribution in [1.29, 1.82) is 0 Å². The molecule has 2 aliphatic heterocycles. The van der Waals surface area contributed by atoms with Crippen molar-refractivity contribution < 1.29 is 28.2 Å². The number of carbonyl (C=O) groups is 1. The Morgan fingerprint density at radius 1 is 0.971 bits per heavy atom. The fourth-order valence-corrected chi connectivity index (χ4v) is 6.03. The molecule has 0 radical (unpaired) electrons. The van der Waals surface area contributed by atoms with E-state index in [0.717, 1.165) is 34.4 Å². The van der Waals surface area contributed by atoms with Gasteiger partial charge in [0.15, 0.2) is 0 Å². The Morgan fingerprint density at radius 2 is 1.57 bits per heavy atom. The smallest absolute Gasteiger partial charge is 0.410 e. The molecule has 2 bridgehead atoms. The van der Waals surface area contributed by atoms with Crippen LogP contribution in [0, 0.1) is 11.6 Å². The van der Waals surface area contributed by atoms with Crippen LogP contribution in [0.1, 0.15) is 35.4 Å². The monoisotopic (exact) mass is 477 g/mol. The Labute approximate surface area is 201 Å². The minimum absolute atomic E-state index is 0.0444. The highest BCUT2D eigenvalue weighted by Gasteiger charge is 2.50. The first kappa shape index (κ1) is 22.2. The number of hydrogen-bond donors (Lipinski definition) is 1. The van der Waals surface area contributed by atoms with Crippen LogP contribution in [0.4, 0.5) is 13.6 Å². The standard InChI is InChI=1S/C28H25F2NO4/c29-17-9-10-25(26(30)11-17)28(33)12-18-14-34-15-19(13-28)31(18)27(32)35-16-24-22-7-3-1-5-20(22)21-6-2-4-8-23(21)24/h1-11,18-19,24,33H,12-16H2. The fraction of sp³-hybridized carbons (Fsp3) is 0.321. The molecule has 5 nitrogen and oxygen atoms in total. The van der Waals surface area contributed by atoms with Crippen molar-refractivity contribution in [3.8, 4) is 11.1 Å². The van der Waals surface area contributed by atoms with E-state index in [1.807, 2.05) is 24.3 Å². The molecule has 2 heterocycles. The quantitative estimate of drug-likeness (QED) is 0.579. The summed E-state index contributed by atoms with van der Waals surface area (Å²) in [5.41, 5.74) is 3.09. The number of amides is 1. The molecule has 35 heavy (non-hydrogen) atoms. The highest BCUT2D eigenvalue weighted by molar-refractivity contribution is 5.79. The minimum Gasteiger partial charge on any atom is -0.448 e. The molecule has 0 saturated carbocycles. The van der Waals surface area contributed by atoms with Crippen LogP contribution in [0.25, 0.3) is 11.1 Å². The van der Waals surface area contributed by atoms with Gasteiger partial charge >= 0.3 is 6.09 Å². The predicted molar refractivity (Wildman–Crippen MR) is 125 cm³/mol. The van der Waals surface area contributed by atoms with Crippen molar-refractivity contribution in [2.75, 3.05) is 19.8 Å². The van der Waals surface area contributed by atoms with Crippen molar-refractivity contribution in [3.63, 3.8) is 0 Å². The lowest BCUT2D eigenvalue weighted by Gasteiger charge is -2.51. The Morgan fingerprint density at radius 3 is 2.17 bits per heavy atom. The second-order valence-corrected chi connectivity index (χ2v) is 9.62. The molecular weight excluding hydrogens is 452 g/mol. The molecular formula is C28H25F2NO4. The number of rotatable bonds is 3. The molecule has 180 valence electrons. The maximum absolute atomic E-state index is 14.5. The van der Waals surface area contributed by atoms with E-state index in [1.165, 1.54) is 6.07 Å². The largest absolute Gasteiger partial charge is 0.448 e. The highest BCUT2D eigenvalue weighted by atomic mass is 19.1. The van der Waals surface area contributed by atoms with Gasteiger partial charge in [0.2, 0.25) is 0 Å². The van der Waals surface area contributed by atoms with Gasteiger partial charge in [-0.15, -0.1) is 0 Å². The molecule has 3 aliphatic rings. The molecule has 0 spiro atoms. The number of piperidine rings is 1. The van der Waals surface area contributed by atoms with E-state index < -0.39 is 35.4 Å². The summed E-state index contributed by atoms with van der Waals surface area (Å²) in [4.78, 5) is 14.9. The molecule has 3 aromatic rings. The van der Waals surface area contributed by atoms with E-state index in [9.17, 15) is 18.7 Å². The summed E-state index contributed by atoms with van der Waals surface area (Å²) in [6, 6.07) is 18.5. The summed E-state index contributed by atoms with van der Waals surface area (Å²) in [5.74, 6) is -1.55. The molecule has 2 fully saturated rings. The number of ether oxygens (including phenoxy) is 2. The van der Waals surface area contributed by atoms with Gasteiger partial charge in [0.1, 0.15) is 18.2 Å². The average molecular weight is 478 g/mol. The van der Waals surface area contributed by atoms with E-state index in [0.29, 0.717) is 0 Å². The zero-order chi connectivity index (χ0) is 24.2. The number of aliphatic hydroxyl groups is 1. The molecule has 1 N–H and O–H groups in total. The van der Waals surface area contributed by atoms with Gasteiger partial charge in [-0.25, -0.2) is 13.6 Å². The molecule has 2 saturated heterocycles. The summed E-state index contributed by atoms with van der Waals surface area (Å²) in [5, 5.41) is 11.3. The van der Waals surface area contributed by atoms with E-state index >= 15 is 0 Å². The molecule has 1 amide bonds. The second-order valence-electron chi connectivity index (χ2n) is 9.62. The van der Waals surface area contributed by atoms with Gasteiger partial charge < -0.3 is 14.6 Å². The Kier molecular flexibility index (Phi) is 5.34. The number of nitrogens with zero attached hydrogens (tertiary/aromatic N) is 1. The molecule has 0 aromatic heterocycles. The topological polar surface area (TPSA) is 59.0 Å². The summed E-state index contributed by atoms with van der Waals surface area (Å²) in [7, 11) is 0. The van der Waals surface area contributed by atoms with Crippen LogP contribution >= 0.6 is 0 Å². The molecule has 2 atom stereocenters. The second kappa shape index (κ2) is 8.43. The van der Waals surface area contributed by atoms with Gasteiger partial charge in [0.25, 0.3) is 0 Å². The molecule has 2 unspecified atom stereocenters. The van der Waals surface area contributed by atoms with Crippen molar-refractivity contribution >= 4 is 6.09 Å². The zero-order valence-corrected chi connectivity index (χ0v) is 19.0. The third kappa shape index (κ3) is 3.70. The third-order valence-electron chi connectivity index (χ3n) is 7.53. The highest BCUT2D eigenvalue weighted by Crippen LogP contribution is 2.45. The van der Waals surface area contributed by atoms with E-state index in [1.54, 1.807) is 4.90 Å². The number of morpholine rings is 1. The lowest BCUT2D eigenvalue weighted by molar-refractivity contribution is -0.137. The van der Waals surface area contributed by atoms with Gasteiger partial charge in [-0.3, -0.25) is 4.90 Å². The Hall–Kier alpha value is -3.29. The zero-order valence-electron chi connectivity index (χ0n) is 19.0. The van der Waals surface area contributed by atoms with Crippen molar-refractivity contribution in [3.05, 3.63) is 95.1 Å². The van der Waals surface area contributed by atoms with Gasteiger partial charge in [0.05, 0.1) is 30.9 Å². The van der Waals surface area contributed by atoms with Crippen molar-refractivity contribution in [1.82, 2.24) is 4.90 Å². The number of benzene rings is 3. The van der Waals surface area contributed by atoms with Crippen LogP contribution in [0.2, 0.25) is 0 Å². The van der Waals surface area contributed by atoms with Gasteiger partial charge in [-0.2, -0.15) is 0 Å². The average Bonchev–Trinajstić information content (AvgIpc) is 3.15. The molecule has 3 aromatic carbocycles. The van der Waals surface area contributed by atoms with Gasteiger partial charge in [-0.1, -0.05) is 54.6 Å². The van der Waals surface area contributed by atoms with Crippen LogP contribution in [-0.2, 0) is 15.1 Å². The number of hydrogen-bond acceptors (Lipinski definition) is 4. The van der Waals surface area contributed by atoms with Crippen LogP contribution in [0.3, 0.4) is 0 Å². The van der Waals surface area contributed by atoms with E-state index in [2.05, 4.69) is 24.3 Å². The third-order valence-corrected chi connectivity index (χ3v) is 7.53. The number of fused-ring (bicyclic) bond motifs is 5. The maximum Gasteiger partial charge on any atom is 0.410 e. The molecule has 6 rings (SSSR count).